The van der Waals surface area contributed by atoms with Gasteiger partial charge >= 0.3 is 0 Å². The molecule has 1 unspecified atom stereocenters. The predicted molar refractivity (Wildman–Crippen MR) is 60.7 cm³/mol. The second kappa shape index (κ2) is 4.37. The molecule has 3 nitrogen and oxygen atoms in total. The lowest BCUT2D eigenvalue weighted by Gasteiger charge is -2.26. The number of furan rings is 1. The highest BCUT2D eigenvalue weighted by atomic mass is 16.3. The van der Waals surface area contributed by atoms with Gasteiger partial charge in [0.25, 0.3) is 0 Å². The molecular weight excluding hydrogens is 190 g/mol. The molecule has 0 aliphatic heterocycles. The van der Waals surface area contributed by atoms with Crippen LogP contribution in [0.5, 0.6) is 0 Å². The maximum Gasteiger partial charge on any atom is 0.0963 e. The van der Waals surface area contributed by atoms with Gasteiger partial charge in [0.2, 0.25) is 0 Å². The lowest BCUT2D eigenvalue weighted by atomic mass is 9.94. The minimum Gasteiger partial charge on any atom is -0.472 e. The first-order chi connectivity index (χ1) is 6.81. The van der Waals surface area contributed by atoms with Gasteiger partial charge < -0.3 is 14.8 Å². The smallest absolute Gasteiger partial charge is 0.0963 e. The molecule has 0 radical (unpaired) electrons. The van der Waals surface area contributed by atoms with Crippen molar-refractivity contribution in [1.29, 1.82) is 0 Å². The molecule has 0 saturated carbocycles. The van der Waals surface area contributed by atoms with E-state index < -0.39 is 5.60 Å². The molecule has 1 heterocycles. The summed E-state index contributed by atoms with van der Waals surface area (Å²) in [6, 6.07) is 1.80. The van der Waals surface area contributed by atoms with E-state index in [2.05, 4.69) is 26.1 Å². The van der Waals surface area contributed by atoms with Gasteiger partial charge in [0.15, 0.2) is 0 Å². The summed E-state index contributed by atoms with van der Waals surface area (Å²) in [5.74, 6) is 0. The molecule has 0 spiro atoms. The van der Waals surface area contributed by atoms with Crippen molar-refractivity contribution in [2.45, 2.75) is 45.3 Å². The predicted octanol–water partition coefficient (Wildman–Crippen LogP) is 2.27. The highest BCUT2D eigenvalue weighted by molar-refractivity contribution is 5.14. The topological polar surface area (TPSA) is 45.4 Å². The summed E-state index contributed by atoms with van der Waals surface area (Å²) in [5, 5.41) is 13.5. The second-order valence-corrected chi connectivity index (χ2v) is 5.21. The van der Waals surface area contributed by atoms with E-state index >= 15 is 0 Å². The second-order valence-electron chi connectivity index (χ2n) is 5.21. The number of nitrogens with one attached hydrogen (secondary N) is 1. The average Bonchev–Trinajstić information content (AvgIpc) is 2.52. The number of hydrogen-bond donors (Lipinski definition) is 2. The van der Waals surface area contributed by atoms with Gasteiger partial charge in [-0.1, -0.05) is 0 Å². The molecule has 0 saturated heterocycles. The Kier molecular flexibility index (Phi) is 3.58. The highest BCUT2D eigenvalue weighted by Crippen LogP contribution is 2.24. The van der Waals surface area contributed by atoms with Crippen LogP contribution in [0.4, 0.5) is 0 Å². The fourth-order valence-corrected chi connectivity index (χ4v) is 1.40. The number of hydrogen-bond acceptors (Lipinski definition) is 3. The summed E-state index contributed by atoms with van der Waals surface area (Å²) < 4.78 is 4.97. The first kappa shape index (κ1) is 12.3. The minimum absolute atomic E-state index is 0.0898. The maximum absolute atomic E-state index is 10.2. The first-order valence-corrected chi connectivity index (χ1v) is 5.31. The van der Waals surface area contributed by atoms with Crippen LogP contribution in [0.15, 0.2) is 23.0 Å². The molecule has 1 aromatic rings. The third-order valence-electron chi connectivity index (χ3n) is 2.41. The molecule has 0 amide bonds. The quantitative estimate of drug-likeness (QED) is 0.803. The molecule has 0 fully saturated rings. The normalized spacial score (nSPS) is 16.3. The monoisotopic (exact) mass is 211 g/mol. The van der Waals surface area contributed by atoms with Crippen LogP contribution in [0.2, 0.25) is 0 Å². The van der Waals surface area contributed by atoms with Crippen LogP contribution in [0.3, 0.4) is 0 Å². The van der Waals surface area contributed by atoms with Crippen LogP contribution in [0, 0.1) is 0 Å². The summed E-state index contributed by atoms with van der Waals surface area (Å²) in [4.78, 5) is 0. The zero-order chi connectivity index (χ0) is 11.5. The van der Waals surface area contributed by atoms with Crippen molar-refractivity contribution in [3.8, 4) is 0 Å². The molecule has 1 aromatic heterocycles. The lowest BCUT2D eigenvalue weighted by molar-refractivity contribution is 0.0458. The van der Waals surface area contributed by atoms with Crippen LogP contribution in [-0.4, -0.2) is 17.2 Å². The van der Waals surface area contributed by atoms with Crippen molar-refractivity contribution < 1.29 is 9.52 Å². The highest BCUT2D eigenvalue weighted by Gasteiger charge is 2.24. The lowest BCUT2D eigenvalue weighted by Crippen LogP contribution is -2.39. The van der Waals surface area contributed by atoms with E-state index in [9.17, 15) is 5.11 Å². The molecule has 2 N–H and O–H groups in total. The molecule has 0 aromatic carbocycles. The van der Waals surface area contributed by atoms with Gasteiger partial charge in [-0.05, 0) is 46.7 Å². The Morgan fingerprint density at radius 1 is 1.33 bits per heavy atom. The van der Waals surface area contributed by atoms with Crippen molar-refractivity contribution in [2.24, 2.45) is 0 Å². The van der Waals surface area contributed by atoms with Gasteiger partial charge in [-0.3, -0.25) is 0 Å². The van der Waals surface area contributed by atoms with E-state index in [0.29, 0.717) is 6.42 Å². The fourth-order valence-electron chi connectivity index (χ4n) is 1.40. The van der Waals surface area contributed by atoms with Crippen LogP contribution < -0.4 is 5.32 Å². The Hall–Kier alpha value is -0.800. The standard InChI is InChI=1S/C12H21NO2/c1-11(2,3)13-7-6-12(4,14)10-5-8-15-9-10/h5,8-9,13-14H,6-7H2,1-4H3. The van der Waals surface area contributed by atoms with E-state index in [4.69, 9.17) is 4.42 Å². The Bertz CT molecular complexity index is 283. The van der Waals surface area contributed by atoms with Gasteiger partial charge in [0.05, 0.1) is 18.1 Å². The van der Waals surface area contributed by atoms with E-state index in [1.807, 2.05) is 6.92 Å². The van der Waals surface area contributed by atoms with E-state index in [0.717, 1.165) is 12.1 Å². The molecule has 0 aliphatic carbocycles. The van der Waals surface area contributed by atoms with Crippen LogP contribution >= 0.6 is 0 Å². The third-order valence-corrected chi connectivity index (χ3v) is 2.41. The van der Waals surface area contributed by atoms with Gasteiger partial charge in [0, 0.05) is 11.1 Å². The van der Waals surface area contributed by atoms with Crippen LogP contribution in [-0.2, 0) is 5.60 Å². The Morgan fingerprint density at radius 2 is 2.00 bits per heavy atom. The summed E-state index contributed by atoms with van der Waals surface area (Å²) in [5.41, 5.74) is 0.107. The molecule has 86 valence electrons. The Balaban J connectivity index is 2.44. The number of rotatable bonds is 4. The van der Waals surface area contributed by atoms with Gasteiger partial charge in [-0.15, -0.1) is 0 Å². The van der Waals surface area contributed by atoms with Crippen molar-refractivity contribution in [1.82, 2.24) is 5.32 Å². The molecule has 0 bridgehead atoms. The Labute approximate surface area is 91.5 Å². The Morgan fingerprint density at radius 3 is 2.47 bits per heavy atom. The third kappa shape index (κ3) is 4.06. The molecule has 3 heteroatoms. The van der Waals surface area contributed by atoms with Crippen LogP contribution in [0.1, 0.15) is 39.7 Å². The minimum atomic E-state index is -0.814. The van der Waals surface area contributed by atoms with Gasteiger partial charge in [-0.25, -0.2) is 0 Å². The summed E-state index contributed by atoms with van der Waals surface area (Å²) in [6.45, 7) is 8.92. The van der Waals surface area contributed by atoms with Gasteiger partial charge in [0.1, 0.15) is 0 Å². The summed E-state index contributed by atoms with van der Waals surface area (Å²) in [6.07, 6.45) is 3.85. The maximum atomic E-state index is 10.2. The van der Waals surface area contributed by atoms with Crippen LogP contribution in [0.25, 0.3) is 0 Å². The SMILES string of the molecule is CC(C)(C)NCCC(C)(O)c1ccoc1. The molecule has 1 atom stereocenters. The van der Waals surface area contributed by atoms with Crippen molar-refractivity contribution in [3.63, 3.8) is 0 Å². The molecule has 0 aliphatic rings. The van der Waals surface area contributed by atoms with E-state index in [-0.39, 0.29) is 5.54 Å². The fraction of sp³-hybridized carbons (Fsp3) is 0.667. The summed E-state index contributed by atoms with van der Waals surface area (Å²) >= 11 is 0. The molecule has 1 rings (SSSR count). The molecule has 15 heavy (non-hydrogen) atoms. The molecular formula is C12H21NO2. The first-order valence-electron chi connectivity index (χ1n) is 5.31. The van der Waals surface area contributed by atoms with Crippen molar-refractivity contribution in [3.05, 3.63) is 24.2 Å². The average molecular weight is 211 g/mol. The summed E-state index contributed by atoms with van der Waals surface area (Å²) in [7, 11) is 0. The number of aliphatic hydroxyl groups is 1. The van der Waals surface area contributed by atoms with E-state index in [1.54, 1.807) is 18.6 Å². The van der Waals surface area contributed by atoms with Crippen molar-refractivity contribution >= 4 is 0 Å². The zero-order valence-electron chi connectivity index (χ0n) is 10.0. The van der Waals surface area contributed by atoms with Crippen molar-refractivity contribution in [2.75, 3.05) is 6.54 Å². The van der Waals surface area contributed by atoms with Gasteiger partial charge in [-0.2, -0.15) is 0 Å². The largest absolute Gasteiger partial charge is 0.472 e. The van der Waals surface area contributed by atoms with E-state index in [1.165, 1.54) is 0 Å². The zero-order valence-corrected chi connectivity index (χ0v) is 10.0.